The topological polar surface area (TPSA) is 27.7 Å². The van der Waals surface area contributed by atoms with Crippen molar-refractivity contribution in [2.45, 2.75) is 33.2 Å². The molecule has 3 nitrogen and oxygen atoms in total. The van der Waals surface area contributed by atoms with E-state index in [4.69, 9.17) is 25.8 Å². The monoisotopic (exact) mass is 272 g/mol. The number of halogens is 1. The molecule has 0 bridgehead atoms. The molecule has 0 saturated heterocycles. The molecule has 0 aliphatic rings. The van der Waals surface area contributed by atoms with Crippen LogP contribution in [0.1, 0.15) is 26.3 Å². The molecule has 0 fully saturated rings. The second-order valence-electron chi connectivity index (χ2n) is 3.79. The molecule has 1 aromatic carbocycles. The van der Waals surface area contributed by atoms with Gasteiger partial charge in [0.25, 0.3) is 5.97 Å². The van der Waals surface area contributed by atoms with E-state index in [0.29, 0.717) is 31.3 Å². The fourth-order valence-corrected chi connectivity index (χ4v) is 2.05. The second kappa shape index (κ2) is 7.74. The van der Waals surface area contributed by atoms with E-state index in [1.54, 1.807) is 0 Å². The molecule has 1 aromatic rings. The van der Waals surface area contributed by atoms with Gasteiger partial charge in [0.1, 0.15) is 0 Å². The molecule has 0 unspecified atom stereocenters. The lowest BCUT2D eigenvalue weighted by Gasteiger charge is -2.32. The minimum Gasteiger partial charge on any atom is -0.327 e. The fourth-order valence-electron chi connectivity index (χ4n) is 1.83. The molecule has 0 aromatic heterocycles. The first-order valence-corrected chi connectivity index (χ1v) is 6.70. The third kappa shape index (κ3) is 4.58. The molecule has 1 rings (SSSR count). The maximum Gasteiger partial charge on any atom is 0.287 e. The van der Waals surface area contributed by atoms with E-state index >= 15 is 0 Å². The highest BCUT2D eigenvalue weighted by Crippen LogP contribution is 2.23. The SMILES string of the molecule is CCOC(Cc1cccc(Cl)c1)(OCC)OCC. The number of benzene rings is 1. The first-order chi connectivity index (χ1) is 8.65. The molecular weight excluding hydrogens is 252 g/mol. The van der Waals surface area contributed by atoms with Crippen LogP contribution in [0.3, 0.4) is 0 Å². The molecule has 102 valence electrons. The van der Waals surface area contributed by atoms with Gasteiger partial charge in [-0.3, -0.25) is 0 Å². The van der Waals surface area contributed by atoms with Crippen molar-refractivity contribution in [1.82, 2.24) is 0 Å². The Morgan fingerprint density at radius 2 is 1.56 bits per heavy atom. The minimum absolute atomic E-state index is 0.517. The Balaban J connectivity index is 2.87. The molecule has 0 saturated carbocycles. The lowest BCUT2D eigenvalue weighted by molar-refractivity contribution is -0.376. The van der Waals surface area contributed by atoms with Crippen LogP contribution in [-0.4, -0.2) is 25.8 Å². The van der Waals surface area contributed by atoms with Gasteiger partial charge in [0.2, 0.25) is 0 Å². The van der Waals surface area contributed by atoms with Gasteiger partial charge in [-0.2, -0.15) is 0 Å². The third-order valence-corrected chi connectivity index (χ3v) is 2.64. The summed E-state index contributed by atoms with van der Waals surface area (Å²) >= 11 is 5.98. The van der Waals surface area contributed by atoms with Crippen LogP contribution in [0.2, 0.25) is 5.02 Å². The van der Waals surface area contributed by atoms with Crippen LogP contribution in [0.5, 0.6) is 0 Å². The summed E-state index contributed by atoms with van der Waals surface area (Å²) in [6.07, 6.45) is 0.517. The predicted molar refractivity (Wildman–Crippen MR) is 72.8 cm³/mol. The van der Waals surface area contributed by atoms with Gasteiger partial charge in [0.05, 0.1) is 6.42 Å². The maximum absolute atomic E-state index is 5.98. The normalized spacial score (nSPS) is 11.8. The van der Waals surface area contributed by atoms with Crippen molar-refractivity contribution in [3.63, 3.8) is 0 Å². The average Bonchev–Trinajstić information content (AvgIpc) is 2.30. The molecule has 0 amide bonds. The molecule has 0 heterocycles. The molecule has 0 radical (unpaired) electrons. The van der Waals surface area contributed by atoms with Gasteiger partial charge >= 0.3 is 0 Å². The molecule has 0 aliphatic heterocycles. The van der Waals surface area contributed by atoms with Crippen molar-refractivity contribution >= 4 is 11.6 Å². The van der Waals surface area contributed by atoms with Gasteiger partial charge in [-0.15, -0.1) is 0 Å². The number of hydrogen-bond acceptors (Lipinski definition) is 3. The highest BCUT2D eigenvalue weighted by atomic mass is 35.5. The Labute approximate surface area is 114 Å². The summed E-state index contributed by atoms with van der Waals surface area (Å²) in [6, 6.07) is 7.63. The van der Waals surface area contributed by atoms with Gasteiger partial charge < -0.3 is 14.2 Å². The zero-order valence-electron chi connectivity index (χ0n) is 11.2. The largest absolute Gasteiger partial charge is 0.327 e. The van der Waals surface area contributed by atoms with Crippen molar-refractivity contribution in [3.8, 4) is 0 Å². The molecule has 18 heavy (non-hydrogen) atoms. The van der Waals surface area contributed by atoms with Crippen LogP contribution in [-0.2, 0) is 20.6 Å². The first kappa shape index (κ1) is 15.4. The van der Waals surface area contributed by atoms with E-state index in [2.05, 4.69) is 0 Å². The number of ether oxygens (including phenoxy) is 3. The van der Waals surface area contributed by atoms with E-state index in [9.17, 15) is 0 Å². The van der Waals surface area contributed by atoms with Gasteiger partial charge in [-0.25, -0.2) is 0 Å². The predicted octanol–water partition coefficient (Wildman–Crippen LogP) is 3.65. The second-order valence-corrected chi connectivity index (χ2v) is 4.23. The van der Waals surface area contributed by atoms with E-state index in [0.717, 1.165) is 5.56 Å². The standard InChI is InChI=1S/C14H21ClO3/c1-4-16-14(17-5-2,18-6-3)11-12-8-7-9-13(15)10-12/h7-10H,4-6,11H2,1-3H3. The van der Waals surface area contributed by atoms with Crippen LogP contribution in [0.15, 0.2) is 24.3 Å². The van der Waals surface area contributed by atoms with Crippen LogP contribution < -0.4 is 0 Å². The molecule has 0 N–H and O–H groups in total. The summed E-state index contributed by atoms with van der Waals surface area (Å²) in [5, 5.41) is 0.700. The highest BCUT2D eigenvalue weighted by Gasteiger charge is 2.32. The van der Waals surface area contributed by atoms with Gasteiger partial charge in [-0.1, -0.05) is 23.7 Å². The minimum atomic E-state index is -1.01. The van der Waals surface area contributed by atoms with E-state index in [1.165, 1.54) is 0 Å². The quantitative estimate of drug-likeness (QED) is 0.676. The van der Waals surface area contributed by atoms with Crippen LogP contribution in [0, 0.1) is 0 Å². The first-order valence-electron chi connectivity index (χ1n) is 6.32. The smallest absolute Gasteiger partial charge is 0.287 e. The summed E-state index contributed by atoms with van der Waals surface area (Å²) in [5.74, 6) is -1.01. The Bertz CT molecular complexity index is 338. The molecular formula is C14H21ClO3. The van der Waals surface area contributed by atoms with Crippen molar-refractivity contribution < 1.29 is 14.2 Å². The Morgan fingerprint density at radius 1 is 1.00 bits per heavy atom. The zero-order valence-corrected chi connectivity index (χ0v) is 12.0. The molecule has 0 atom stereocenters. The molecule has 0 spiro atoms. The van der Waals surface area contributed by atoms with Crippen molar-refractivity contribution in [2.75, 3.05) is 19.8 Å². The van der Waals surface area contributed by atoms with Crippen molar-refractivity contribution in [2.24, 2.45) is 0 Å². The maximum atomic E-state index is 5.98. The molecule has 4 heteroatoms. The average molecular weight is 273 g/mol. The van der Waals surface area contributed by atoms with Crippen LogP contribution >= 0.6 is 11.6 Å². The Kier molecular flexibility index (Phi) is 6.65. The van der Waals surface area contributed by atoms with Gasteiger partial charge in [0.15, 0.2) is 0 Å². The van der Waals surface area contributed by atoms with Crippen molar-refractivity contribution in [3.05, 3.63) is 34.9 Å². The molecule has 0 aliphatic carbocycles. The van der Waals surface area contributed by atoms with Gasteiger partial charge in [-0.05, 0) is 38.5 Å². The van der Waals surface area contributed by atoms with Crippen LogP contribution in [0.4, 0.5) is 0 Å². The van der Waals surface area contributed by atoms with E-state index in [1.807, 2.05) is 45.0 Å². The summed E-state index contributed by atoms with van der Waals surface area (Å²) < 4.78 is 17.0. The zero-order chi connectivity index (χ0) is 13.4. The third-order valence-electron chi connectivity index (χ3n) is 2.40. The summed E-state index contributed by atoms with van der Waals surface area (Å²) in [5.41, 5.74) is 1.03. The van der Waals surface area contributed by atoms with Crippen LogP contribution in [0.25, 0.3) is 0 Å². The lowest BCUT2D eigenvalue weighted by atomic mass is 10.1. The van der Waals surface area contributed by atoms with Gasteiger partial charge in [0, 0.05) is 24.8 Å². The Morgan fingerprint density at radius 3 is 2.00 bits per heavy atom. The van der Waals surface area contributed by atoms with Crippen molar-refractivity contribution in [1.29, 1.82) is 0 Å². The van der Waals surface area contributed by atoms with E-state index in [-0.39, 0.29) is 0 Å². The number of rotatable bonds is 8. The summed E-state index contributed by atoms with van der Waals surface area (Å²) in [6.45, 7) is 7.35. The number of hydrogen-bond donors (Lipinski definition) is 0. The summed E-state index contributed by atoms with van der Waals surface area (Å²) in [4.78, 5) is 0. The van der Waals surface area contributed by atoms with E-state index < -0.39 is 5.97 Å². The Hall–Kier alpha value is -0.610. The summed E-state index contributed by atoms with van der Waals surface area (Å²) in [7, 11) is 0. The lowest BCUT2D eigenvalue weighted by Crippen LogP contribution is -2.41. The highest BCUT2D eigenvalue weighted by molar-refractivity contribution is 6.30. The fraction of sp³-hybridized carbons (Fsp3) is 0.571.